The number of nitrogens with zero attached hydrogens (tertiary/aromatic N) is 10. The van der Waals surface area contributed by atoms with Crippen molar-refractivity contribution in [2.75, 3.05) is 135 Å². The summed E-state index contributed by atoms with van der Waals surface area (Å²) in [6.07, 6.45) is 18.2. The van der Waals surface area contributed by atoms with Crippen molar-refractivity contribution < 1.29 is 47.5 Å². The number of carbonyl (C=O) groups is 3. The average molecular weight is 1580 g/mol. The van der Waals surface area contributed by atoms with Crippen molar-refractivity contribution in [3.8, 4) is 40.2 Å². The van der Waals surface area contributed by atoms with Crippen LogP contribution >= 0.6 is 0 Å². The van der Waals surface area contributed by atoms with Gasteiger partial charge in [-0.05, 0) is 196 Å². The number of aryl methyl sites for hydroxylation is 1. The van der Waals surface area contributed by atoms with E-state index < -0.39 is 0 Å². The number of methoxy groups -OCH3 is 6. The summed E-state index contributed by atoms with van der Waals surface area (Å²) in [7, 11) is 12.0. The lowest BCUT2D eigenvalue weighted by Gasteiger charge is -2.37. The topological polar surface area (TPSA) is 160 Å². The van der Waals surface area contributed by atoms with Gasteiger partial charge in [0.05, 0.1) is 73.7 Å². The molecule has 0 N–H and O–H groups in total. The summed E-state index contributed by atoms with van der Waals surface area (Å²) in [6, 6.07) is 67.4. The summed E-state index contributed by atoms with van der Waals surface area (Å²) < 4.78 is 41.4. The molecule has 20 heteroatoms. The molecule has 0 radical (unpaired) electrons. The molecule has 0 aliphatic carbocycles. The number of carbonyl (C=O) groups excluding carboxylic acids is 3. The van der Waals surface area contributed by atoms with E-state index in [-0.39, 0.29) is 35.8 Å². The van der Waals surface area contributed by atoms with Crippen molar-refractivity contribution in [1.29, 1.82) is 0 Å². The third-order valence-corrected chi connectivity index (χ3v) is 24.0. The Balaban J connectivity index is 0.000000145. The normalized spacial score (nSPS) is 15.9. The Morgan fingerprint density at radius 2 is 0.803 bits per heavy atom. The quantitative estimate of drug-likeness (QED) is 0.0377. The van der Waals surface area contributed by atoms with Crippen LogP contribution in [-0.2, 0) is 32.7 Å². The number of hydrogen-bond acceptors (Lipinski definition) is 16. The Bertz CT molecular complexity index is 4900. The SMILES string of the molecule is COc1ccc([C@@H](CCCN(C)c2ccccc2)N2Cc3c(cccc3N3CCCCC3)C2=O)cc1OC.COc1ccc([C@@H](CCCOc2ccccc2)N2Cc3c(cccc3N3CCN(Cc4ccccc4)CC3)C2=O)cc1OC.COc1ccc([C@@H](CCCn2ccnc2)N2Cc3c(cccc3N3CCCCC3)C2=O)cc1OC. The van der Waals surface area contributed by atoms with Crippen LogP contribution in [0.1, 0.15) is 165 Å². The molecule has 7 heterocycles. The number of imidazole rings is 1. The van der Waals surface area contributed by atoms with Crippen LogP contribution in [0.4, 0.5) is 22.7 Å². The van der Waals surface area contributed by atoms with Gasteiger partial charge in [0.25, 0.3) is 17.7 Å². The van der Waals surface area contributed by atoms with Crippen molar-refractivity contribution in [1.82, 2.24) is 29.2 Å². The van der Waals surface area contributed by atoms with Gasteiger partial charge in [-0.15, -0.1) is 0 Å². The number of fused-ring (bicyclic) bond motifs is 3. The Morgan fingerprint density at radius 3 is 1.22 bits per heavy atom. The van der Waals surface area contributed by atoms with Gasteiger partial charge >= 0.3 is 0 Å². The summed E-state index contributed by atoms with van der Waals surface area (Å²) in [4.78, 5) is 64.2. The largest absolute Gasteiger partial charge is 0.494 e. The average Bonchev–Trinajstić information content (AvgIpc) is 1.63. The molecule has 6 aliphatic heterocycles. The highest BCUT2D eigenvalue weighted by Crippen LogP contribution is 2.46. The minimum absolute atomic E-state index is 0.0620. The number of benzene rings is 9. The minimum Gasteiger partial charge on any atom is -0.494 e. The molecule has 10 aromatic rings. The summed E-state index contributed by atoms with van der Waals surface area (Å²) >= 11 is 0. The van der Waals surface area contributed by atoms with Crippen LogP contribution in [0.3, 0.4) is 0 Å². The first-order valence-corrected chi connectivity index (χ1v) is 41.8. The van der Waals surface area contributed by atoms with E-state index in [1.807, 2.05) is 138 Å². The molecule has 3 amide bonds. The highest BCUT2D eigenvalue weighted by Gasteiger charge is 2.40. The molecule has 20 nitrogen and oxygen atoms in total. The van der Waals surface area contributed by atoms with Crippen LogP contribution in [0.25, 0.3) is 0 Å². The number of aromatic nitrogens is 2. The standard InChI is InChI=1S/C37H41N3O4.C32H39N3O3.C28H34N4O3/c1-42-35-19-18-29(25-36(35)43-2)33(17-10-24-44-30-13-7-4-8-14-30)40-27-32-31(37(40)41)15-9-16-34(32)39-22-20-38(21-23-39)26-28-11-5-3-6-12-28;1-33(25-12-6-4-7-13-25)19-11-16-28(24-17-18-30(37-2)31(22-24)38-3)35-23-27-26(32(35)36)14-10-15-29(27)34-20-8-5-9-21-34;1-34-26-12-11-21(18-27(26)35-2)24(10-7-14-30-17-13-29-20-30)32-19-23-22(28(32)33)8-6-9-25(23)31-15-4-3-5-16-31/h3-9,11-16,18-19,25,33H,10,17,20-24,26-27H2,1-2H3;4,6-7,10,12-15,17-18,22,28H,5,8-9,11,16,19-21,23H2,1-3H3;6,8-9,11-13,17-18,20,24H,3-5,7,10,14-16,19H2,1-2H3/t33-;28-;24-/m111/s1. The van der Waals surface area contributed by atoms with Gasteiger partial charge in [0, 0.05) is 167 Å². The summed E-state index contributed by atoms with van der Waals surface area (Å²) in [5, 5.41) is 0. The van der Waals surface area contributed by atoms with Gasteiger partial charge in [-0.25, -0.2) is 4.98 Å². The molecule has 6 aliphatic rings. The summed E-state index contributed by atoms with van der Waals surface area (Å²) in [5.41, 5.74) is 15.3. The fraction of sp³-hybridized carbons (Fsp3) is 0.381. The highest BCUT2D eigenvalue weighted by molar-refractivity contribution is 6.02. The van der Waals surface area contributed by atoms with Crippen molar-refractivity contribution in [3.05, 3.63) is 275 Å². The monoisotopic (exact) mass is 1580 g/mol. The van der Waals surface area contributed by atoms with Gasteiger partial charge in [-0.3, -0.25) is 19.3 Å². The van der Waals surface area contributed by atoms with Gasteiger partial charge in [0.15, 0.2) is 34.5 Å². The number of amides is 3. The molecular formula is C97H114N10O10. The number of anilines is 4. The second kappa shape index (κ2) is 39.8. The number of piperazine rings is 1. The Labute approximate surface area is 691 Å². The fourth-order valence-electron chi connectivity index (χ4n) is 17.8. The lowest BCUT2D eigenvalue weighted by atomic mass is 9.99. The number of hydrogen-bond donors (Lipinski definition) is 0. The first-order valence-electron chi connectivity index (χ1n) is 41.8. The van der Waals surface area contributed by atoms with Crippen LogP contribution in [0.15, 0.2) is 219 Å². The molecule has 9 aromatic carbocycles. The fourth-order valence-corrected chi connectivity index (χ4v) is 17.8. The molecule has 0 saturated carbocycles. The van der Waals surface area contributed by atoms with E-state index in [4.69, 9.17) is 33.2 Å². The van der Waals surface area contributed by atoms with Gasteiger partial charge in [0.1, 0.15) is 5.75 Å². The van der Waals surface area contributed by atoms with Crippen LogP contribution < -0.4 is 52.8 Å². The molecule has 1 aromatic heterocycles. The van der Waals surface area contributed by atoms with Gasteiger partial charge in [-0.1, -0.05) is 103 Å². The maximum absolute atomic E-state index is 14.0. The lowest BCUT2D eigenvalue weighted by Crippen LogP contribution is -2.46. The van der Waals surface area contributed by atoms with E-state index >= 15 is 0 Å². The Kier molecular flexibility index (Phi) is 27.9. The van der Waals surface area contributed by atoms with E-state index in [1.54, 1.807) is 48.9 Å². The van der Waals surface area contributed by atoms with E-state index in [0.717, 1.165) is 155 Å². The molecule has 16 rings (SSSR count). The Morgan fingerprint density at radius 1 is 0.402 bits per heavy atom. The van der Waals surface area contributed by atoms with Crippen molar-refractivity contribution in [2.45, 2.75) is 128 Å². The smallest absolute Gasteiger partial charge is 0.255 e. The molecule has 117 heavy (non-hydrogen) atoms. The summed E-state index contributed by atoms with van der Waals surface area (Å²) in [5.74, 6) is 5.26. The Hall–Kier alpha value is -11.6. The second-order valence-electron chi connectivity index (χ2n) is 31.1. The molecule has 0 spiro atoms. The van der Waals surface area contributed by atoms with E-state index in [1.165, 1.54) is 78.0 Å². The number of para-hydroxylation sites is 2. The maximum Gasteiger partial charge on any atom is 0.255 e. The number of piperidine rings is 2. The molecule has 612 valence electrons. The second-order valence-corrected chi connectivity index (χ2v) is 31.1. The van der Waals surface area contributed by atoms with Crippen LogP contribution in [0.2, 0.25) is 0 Å². The molecule has 3 fully saturated rings. The predicted octanol–water partition coefficient (Wildman–Crippen LogP) is 18.0. The molecule has 3 saturated heterocycles. The molecule has 3 atom stereocenters. The maximum atomic E-state index is 14.0. The summed E-state index contributed by atoms with van der Waals surface area (Å²) in [6.45, 7) is 13.3. The van der Waals surface area contributed by atoms with Crippen LogP contribution in [-0.4, -0.2) is 162 Å². The van der Waals surface area contributed by atoms with E-state index in [9.17, 15) is 14.4 Å². The molecule has 0 unspecified atom stereocenters. The zero-order chi connectivity index (χ0) is 81.0. The highest BCUT2D eigenvalue weighted by atomic mass is 16.5. The van der Waals surface area contributed by atoms with Crippen LogP contribution in [0.5, 0.6) is 40.2 Å². The van der Waals surface area contributed by atoms with Crippen LogP contribution in [0, 0.1) is 0 Å². The van der Waals surface area contributed by atoms with Crippen molar-refractivity contribution >= 4 is 40.5 Å². The third kappa shape index (κ3) is 19.4. The van der Waals surface area contributed by atoms with Crippen molar-refractivity contribution in [3.63, 3.8) is 0 Å². The van der Waals surface area contributed by atoms with Gasteiger partial charge in [-0.2, -0.15) is 0 Å². The van der Waals surface area contributed by atoms with Crippen molar-refractivity contribution in [2.24, 2.45) is 0 Å². The predicted molar refractivity (Wildman–Crippen MR) is 463 cm³/mol. The molecule has 0 bridgehead atoms. The van der Waals surface area contributed by atoms with Gasteiger partial charge < -0.3 is 72.0 Å². The first-order chi connectivity index (χ1) is 57.4. The number of ether oxygens (including phenoxy) is 7. The molecular weight excluding hydrogens is 1470 g/mol. The third-order valence-electron chi connectivity index (χ3n) is 24.0. The zero-order valence-corrected chi connectivity index (χ0v) is 69.2. The van der Waals surface area contributed by atoms with E-state index in [0.29, 0.717) is 60.7 Å². The number of rotatable bonds is 31. The zero-order valence-electron chi connectivity index (χ0n) is 69.2. The van der Waals surface area contributed by atoms with E-state index in [2.05, 4.69) is 131 Å². The minimum atomic E-state index is -0.135. The van der Waals surface area contributed by atoms with Gasteiger partial charge in [0.2, 0.25) is 0 Å². The lowest BCUT2D eigenvalue weighted by molar-refractivity contribution is 0.0678. The first kappa shape index (κ1) is 81.9.